The van der Waals surface area contributed by atoms with E-state index in [9.17, 15) is 4.79 Å². The molecule has 0 aromatic heterocycles. The van der Waals surface area contributed by atoms with E-state index < -0.39 is 0 Å². The molecule has 26 heavy (non-hydrogen) atoms. The number of nitrogens with zero attached hydrogens (tertiary/aromatic N) is 1. The molecule has 1 heterocycles. The van der Waals surface area contributed by atoms with Gasteiger partial charge in [-0.05, 0) is 43.7 Å². The maximum atomic E-state index is 12.9. The van der Waals surface area contributed by atoms with Crippen LogP contribution in [0, 0.1) is 13.8 Å². The van der Waals surface area contributed by atoms with Gasteiger partial charge in [0.05, 0.1) is 14.2 Å². The number of benzene rings is 2. The number of urea groups is 1. The molecule has 5 nitrogen and oxygen atoms in total. The Labute approximate surface area is 158 Å². The average molecular weight is 372 g/mol. The van der Waals surface area contributed by atoms with Crippen molar-refractivity contribution < 1.29 is 14.3 Å². The number of carbonyl (C=O) groups excluding carboxylic acids is 1. The number of thioether (sulfide) groups is 1. The van der Waals surface area contributed by atoms with Gasteiger partial charge in [-0.25, -0.2) is 4.79 Å². The first-order valence-corrected chi connectivity index (χ1v) is 9.56. The van der Waals surface area contributed by atoms with Gasteiger partial charge in [0, 0.05) is 23.5 Å². The van der Waals surface area contributed by atoms with Gasteiger partial charge in [-0.1, -0.05) is 17.7 Å². The van der Waals surface area contributed by atoms with Crippen molar-refractivity contribution in [1.82, 2.24) is 4.90 Å². The Kier molecular flexibility index (Phi) is 5.61. The van der Waals surface area contributed by atoms with Gasteiger partial charge in [0.15, 0.2) is 0 Å². The number of carbonyl (C=O) groups is 1. The van der Waals surface area contributed by atoms with Crippen LogP contribution in [0.15, 0.2) is 36.4 Å². The molecular weight excluding hydrogens is 348 g/mol. The van der Waals surface area contributed by atoms with Crippen molar-refractivity contribution in [2.24, 2.45) is 0 Å². The lowest BCUT2D eigenvalue weighted by Gasteiger charge is -2.26. The molecule has 0 bridgehead atoms. The first-order chi connectivity index (χ1) is 12.5. The summed E-state index contributed by atoms with van der Waals surface area (Å²) >= 11 is 1.73. The zero-order valence-corrected chi connectivity index (χ0v) is 16.4. The monoisotopic (exact) mass is 372 g/mol. The topological polar surface area (TPSA) is 50.8 Å². The van der Waals surface area contributed by atoms with Gasteiger partial charge in [-0.15, -0.1) is 11.8 Å². The van der Waals surface area contributed by atoms with Gasteiger partial charge in [-0.3, -0.25) is 0 Å². The second-order valence-corrected chi connectivity index (χ2v) is 7.46. The molecule has 2 aromatic rings. The summed E-state index contributed by atoms with van der Waals surface area (Å²) in [6, 6.07) is 11.6. The summed E-state index contributed by atoms with van der Waals surface area (Å²) in [5.74, 6) is 2.39. The van der Waals surface area contributed by atoms with E-state index in [-0.39, 0.29) is 11.4 Å². The molecule has 1 atom stereocenters. The van der Waals surface area contributed by atoms with Gasteiger partial charge in [-0.2, -0.15) is 0 Å². The molecule has 0 saturated carbocycles. The first-order valence-electron chi connectivity index (χ1n) is 8.52. The highest BCUT2D eigenvalue weighted by atomic mass is 32.2. The Morgan fingerprint density at radius 3 is 2.65 bits per heavy atom. The predicted octanol–water partition coefficient (Wildman–Crippen LogP) is 4.60. The minimum Gasteiger partial charge on any atom is -0.497 e. The molecule has 0 aliphatic carbocycles. The minimum absolute atomic E-state index is 0.100. The summed E-state index contributed by atoms with van der Waals surface area (Å²) < 4.78 is 10.9. The zero-order chi connectivity index (χ0) is 18.7. The Hall–Kier alpha value is -2.34. The highest BCUT2D eigenvalue weighted by Crippen LogP contribution is 2.43. The third kappa shape index (κ3) is 3.75. The van der Waals surface area contributed by atoms with Crippen molar-refractivity contribution >= 4 is 23.5 Å². The van der Waals surface area contributed by atoms with Crippen LogP contribution in [0.5, 0.6) is 11.5 Å². The molecule has 0 radical (unpaired) electrons. The number of hydrogen-bond acceptors (Lipinski definition) is 4. The second kappa shape index (κ2) is 7.91. The quantitative estimate of drug-likeness (QED) is 0.852. The summed E-state index contributed by atoms with van der Waals surface area (Å²) in [7, 11) is 3.28. The molecular formula is C20H24N2O3S. The Morgan fingerprint density at radius 1 is 1.15 bits per heavy atom. The number of anilines is 1. The Morgan fingerprint density at radius 2 is 1.96 bits per heavy atom. The lowest BCUT2D eigenvalue weighted by Crippen LogP contribution is -2.34. The largest absolute Gasteiger partial charge is 0.497 e. The fourth-order valence-electron chi connectivity index (χ4n) is 3.11. The second-order valence-electron chi connectivity index (χ2n) is 6.27. The van der Waals surface area contributed by atoms with E-state index in [4.69, 9.17) is 9.47 Å². The van der Waals surface area contributed by atoms with E-state index >= 15 is 0 Å². The first kappa shape index (κ1) is 18.5. The van der Waals surface area contributed by atoms with E-state index in [1.165, 1.54) is 5.56 Å². The molecule has 2 aromatic carbocycles. The fraction of sp³-hybridized carbons (Fsp3) is 0.350. The van der Waals surface area contributed by atoms with Crippen molar-refractivity contribution in [2.75, 3.05) is 31.8 Å². The molecule has 1 fully saturated rings. The third-order valence-corrected chi connectivity index (χ3v) is 5.72. The van der Waals surface area contributed by atoms with Crippen molar-refractivity contribution in [3.63, 3.8) is 0 Å². The van der Waals surface area contributed by atoms with Gasteiger partial charge in [0.1, 0.15) is 16.9 Å². The van der Waals surface area contributed by atoms with Crippen molar-refractivity contribution in [3.8, 4) is 11.5 Å². The zero-order valence-electron chi connectivity index (χ0n) is 15.5. The smallest absolute Gasteiger partial charge is 0.323 e. The summed E-state index contributed by atoms with van der Waals surface area (Å²) in [4.78, 5) is 14.8. The van der Waals surface area contributed by atoms with Crippen LogP contribution in [0.1, 0.15) is 22.1 Å². The van der Waals surface area contributed by atoms with Crippen molar-refractivity contribution in [3.05, 3.63) is 53.1 Å². The number of nitrogens with one attached hydrogen (secondary N) is 1. The third-order valence-electron chi connectivity index (χ3n) is 4.48. The summed E-state index contributed by atoms with van der Waals surface area (Å²) in [5.41, 5.74) is 4.02. The standard InChI is InChI=1S/C20H24N2O3S/c1-13-5-7-17(14(2)11-13)21-20(23)22-9-10-26-19(22)16-12-15(24-3)6-8-18(16)25-4/h5-8,11-12,19H,9-10H2,1-4H3,(H,21,23)/t19-/m0/s1. The average Bonchev–Trinajstić information content (AvgIpc) is 3.13. The number of methoxy groups -OCH3 is 2. The molecule has 1 saturated heterocycles. The van der Waals surface area contributed by atoms with Crippen LogP contribution in [0.25, 0.3) is 0 Å². The number of aryl methyl sites for hydroxylation is 2. The molecule has 0 unspecified atom stereocenters. The van der Waals surface area contributed by atoms with E-state index in [2.05, 4.69) is 11.4 Å². The Bertz CT molecular complexity index is 810. The molecule has 3 rings (SSSR count). The lowest BCUT2D eigenvalue weighted by atomic mass is 10.1. The molecule has 1 N–H and O–H groups in total. The van der Waals surface area contributed by atoms with E-state index in [0.717, 1.165) is 34.1 Å². The van der Waals surface area contributed by atoms with Gasteiger partial charge in [0.25, 0.3) is 0 Å². The number of ether oxygens (including phenoxy) is 2. The van der Waals surface area contributed by atoms with Crippen LogP contribution in [0.4, 0.5) is 10.5 Å². The SMILES string of the molecule is COc1ccc(OC)c([C@@H]2SCCN2C(=O)Nc2ccc(C)cc2C)c1. The van der Waals surface area contributed by atoms with E-state index in [0.29, 0.717) is 6.54 Å². The number of amides is 2. The Balaban J connectivity index is 1.85. The summed E-state index contributed by atoms with van der Waals surface area (Å²) in [6.45, 7) is 4.73. The summed E-state index contributed by atoms with van der Waals surface area (Å²) in [5, 5.41) is 2.94. The van der Waals surface area contributed by atoms with E-state index in [1.54, 1.807) is 26.0 Å². The van der Waals surface area contributed by atoms with Crippen molar-refractivity contribution in [2.45, 2.75) is 19.2 Å². The van der Waals surface area contributed by atoms with Crippen molar-refractivity contribution in [1.29, 1.82) is 0 Å². The number of hydrogen-bond donors (Lipinski definition) is 1. The van der Waals surface area contributed by atoms with Crippen LogP contribution < -0.4 is 14.8 Å². The highest BCUT2D eigenvalue weighted by molar-refractivity contribution is 7.99. The van der Waals surface area contributed by atoms with Crippen LogP contribution >= 0.6 is 11.8 Å². The minimum atomic E-state index is -0.106. The highest BCUT2D eigenvalue weighted by Gasteiger charge is 2.33. The van der Waals surface area contributed by atoms with Gasteiger partial charge >= 0.3 is 6.03 Å². The predicted molar refractivity (Wildman–Crippen MR) is 106 cm³/mol. The summed E-state index contributed by atoms with van der Waals surface area (Å²) in [6.07, 6.45) is 0. The molecule has 1 aliphatic rings. The fourth-order valence-corrected chi connectivity index (χ4v) is 4.38. The van der Waals surface area contributed by atoms with Gasteiger partial charge < -0.3 is 19.7 Å². The van der Waals surface area contributed by atoms with Crippen LogP contribution in [0.2, 0.25) is 0 Å². The molecule has 6 heteroatoms. The molecule has 2 amide bonds. The maximum absolute atomic E-state index is 12.9. The van der Waals surface area contributed by atoms with E-state index in [1.807, 2.05) is 49.1 Å². The van der Waals surface area contributed by atoms with Gasteiger partial charge in [0.2, 0.25) is 0 Å². The molecule has 1 aliphatic heterocycles. The van der Waals surface area contributed by atoms with Crippen LogP contribution in [0.3, 0.4) is 0 Å². The maximum Gasteiger partial charge on any atom is 0.323 e. The molecule has 138 valence electrons. The van der Waals surface area contributed by atoms with Crippen LogP contribution in [-0.4, -0.2) is 37.4 Å². The number of rotatable bonds is 4. The normalized spacial score (nSPS) is 16.5. The van der Waals surface area contributed by atoms with Crippen LogP contribution in [-0.2, 0) is 0 Å². The molecule has 0 spiro atoms. The lowest BCUT2D eigenvalue weighted by molar-refractivity contribution is 0.213.